The number of hydrogen-bond donors (Lipinski definition) is 1. The number of pyridine rings is 1. The van der Waals surface area contributed by atoms with Gasteiger partial charge in [-0.05, 0) is 18.4 Å². The molecule has 0 fully saturated rings. The maximum atomic E-state index is 12.1. The predicted octanol–water partition coefficient (Wildman–Crippen LogP) is 2.71. The molecule has 1 amide bonds. The minimum Gasteiger partial charge on any atom is -0.467 e. The Bertz CT molecular complexity index is 506. The molecule has 0 spiro atoms. The van der Waals surface area contributed by atoms with Gasteiger partial charge >= 0.3 is 5.97 Å². The first kappa shape index (κ1) is 16.7. The number of esters is 1. The maximum absolute atomic E-state index is 12.1. The van der Waals surface area contributed by atoms with Gasteiger partial charge in [-0.3, -0.25) is 4.79 Å². The lowest BCUT2D eigenvalue weighted by Crippen LogP contribution is -2.42. The van der Waals surface area contributed by atoms with Gasteiger partial charge in [0.05, 0.1) is 17.7 Å². The highest BCUT2D eigenvalue weighted by molar-refractivity contribution is 6.41. The quantitative estimate of drug-likeness (QED) is 0.669. The summed E-state index contributed by atoms with van der Waals surface area (Å²) in [6, 6.07) is 0.692. The van der Waals surface area contributed by atoms with Crippen LogP contribution in [0.5, 0.6) is 0 Å². The summed E-state index contributed by atoms with van der Waals surface area (Å²) in [5.74, 6) is -0.710. The largest absolute Gasteiger partial charge is 0.467 e. The Balaban J connectivity index is 2.84. The highest BCUT2D eigenvalue weighted by Gasteiger charge is 2.23. The Morgan fingerprint density at radius 3 is 2.55 bits per heavy atom. The number of hydrogen-bond acceptors (Lipinski definition) is 4. The van der Waals surface area contributed by atoms with Crippen LogP contribution in [0.3, 0.4) is 0 Å². The molecule has 0 saturated carbocycles. The van der Waals surface area contributed by atoms with E-state index in [9.17, 15) is 9.59 Å². The third kappa shape index (κ3) is 4.65. The van der Waals surface area contributed by atoms with Gasteiger partial charge in [0.25, 0.3) is 5.91 Å². The maximum Gasteiger partial charge on any atom is 0.328 e. The number of aromatic nitrogens is 1. The fourth-order valence-electron chi connectivity index (χ4n) is 1.61. The molecule has 0 aliphatic carbocycles. The van der Waals surface area contributed by atoms with Crippen LogP contribution in [0, 0.1) is 5.92 Å². The Labute approximate surface area is 127 Å². The number of amides is 1. The van der Waals surface area contributed by atoms with Crippen molar-refractivity contribution in [2.75, 3.05) is 7.11 Å². The number of nitrogens with one attached hydrogen (secondary N) is 1. The lowest BCUT2D eigenvalue weighted by molar-refractivity contribution is -0.143. The van der Waals surface area contributed by atoms with Gasteiger partial charge in [-0.1, -0.05) is 37.0 Å². The predicted molar refractivity (Wildman–Crippen MR) is 77.0 cm³/mol. The Morgan fingerprint density at radius 1 is 1.40 bits per heavy atom. The fraction of sp³-hybridized carbons (Fsp3) is 0.462. The summed E-state index contributed by atoms with van der Waals surface area (Å²) in [6.45, 7) is 3.89. The molecule has 1 N–H and O–H groups in total. The van der Waals surface area contributed by atoms with Crippen LogP contribution in [0.4, 0.5) is 0 Å². The van der Waals surface area contributed by atoms with Crippen molar-refractivity contribution in [1.29, 1.82) is 0 Å². The second-order valence-corrected chi connectivity index (χ2v) is 5.44. The summed E-state index contributed by atoms with van der Waals surface area (Å²) < 4.78 is 4.68. The molecule has 0 bridgehead atoms. The summed E-state index contributed by atoms with van der Waals surface area (Å²) in [6.07, 6.45) is 1.78. The summed E-state index contributed by atoms with van der Waals surface area (Å²) >= 11 is 11.5. The molecule has 0 aromatic carbocycles. The number of rotatable bonds is 5. The molecule has 1 aromatic rings. The van der Waals surface area contributed by atoms with E-state index in [1.165, 1.54) is 19.4 Å². The molecule has 7 heteroatoms. The van der Waals surface area contributed by atoms with Crippen LogP contribution in [0.1, 0.15) is 30.6 Å². The minimum absolute atomic E-state index is 0.120. The highest BCUT2D eigenvalue weighted by atomic mass is 35.5. The topological polar surface area (TPSA) is 68.3 Å². The van der Waals surface area contributed by atoms with Crippen molar-refractivity contribution in [1.82, 2.24) is 10.3 Å². The second kappa shape index (κ2) is 7.45. The lowest BCUT2D eigenvalue weighted by Gasteiger charge is -2.18. The van der Waals surface area contributed by atoms with E-state index in [1.54, 1.807) is 0 Å². The first-order valence-electron chi connectivity index (χ1n) is 6.04. The average molecular weight is 319 g/mol. The number of halogens is 2. The summed E-state index contributed by atoms with van der Waals surface area (Å²) in [4.78, 5) is 27.5. The SMILES string of the molecule is COC(=O)C(CC(C)C)NC(=O)c1cnc(Cl)c(Cl)c1. The fourth-order valence-corrected chi connectivity index (χ4v) is 1.88. The van der Waals surface area contributed by atoms with E-state index in [4.69, 9.17) is 23.2 Å². The summed E-state index contributed by atoms with van der Waals surface area (Å²) in [7, 11) is 1.28. The third-order valence-corrected chi connectivity index (χ3v) is 3.24. The molecule has 1 rings (SSSR count). The molecule has 20 heavy (non-hydrogen) atoms. The Morgan fingerprint density at radius 2 is 2.05 bits per heavy atom. The van der Waals surface area contributed by atoms with Gasteiger partial charge in [-0.25, -0.2) is 9.78 Å². The van der Waals surface area contributed by atoms with E-state index >= 15 is 0 Å². The van der Waals surface area contributed by atoms with Crippen molar-refractivity contribution in [3.63, 3.8) is 0 Å². The molecule has 110 valence electrons. The molecule has 0 radical (unpaired) electrons. The zero-order chi connectivity index (χ0) is 15.3. The van der Waals surface area contributed by atoms with Crippen molar-refractivity contribution in [2.24, 2.45) is 5.92 Å². The number of nitrogens with zero attached hydrogens (tertiary/aromatic N) is 1. The number of methoxy groups -OCH3 is 1. The van der Waals surface area contributed by atoms with E-state index < -0.39 is 17.9 Å². The van der Waals surface area contributed by atoms with Crippen LogP contribution in [0.15, 0.2) is 12.3 Å². The first-order chi connectivity index (χ1) is 9.35. The molecule has 1 unspecified atom stereocenters. The molecule has 0 aliphatic heterocycles. The third-order valence-electron chi connectivity index (χ3n) is 2.56. The van der Waals surface area contributed by atoms with Crippen molar-refractivity contribution in [2.45, 2.75) is 26.3 Å². The van der Waals surface area contributed by atoms with Crippen LogP contribution in [0.25, 0.3) is 0 Å². The number of ether oxygens (including phenoxy) is 1. The molecular weight excluding hydrogens is 303 g/mol. The van der Waals surface area contributed by atoms with E-state index in [2.05, 4.69) is 15.0 Å². The normalized spacial score (nSPS) is 12.1. The Kier molecular flexibility index (Phi) is 6.23. The van der Waals surface area contributed by atoms with E-state index in [-0.39, 0.29) is 21.7 Å². The summed E-state index contributed by atoms with van der Waals surface area (Å²) in [5.41, 5.74) is 0.233. The Hall–Kier alpha value is -1.33. The highest BCUT2D eigenvalue weighted by Crippen LogP contribution is 2.19. The lowest BCUT2D eigenvalue weighted by atomic mass is 10.0. The van der Waals surface area contributed by atoms with Gasteiger partial charge in [0, 0.05) is 6.20 Å². The van der Waals surface area contributed by atoms with Crippen molar-refractivity contribution in [3.05, 3.63) is 28.0 Å². The van der Waals surface area contributed by atoms with Gasteiger partial charge in [0.2, 0.25) is 0 Å². The molecule has 1 heterocycles. The second-order valence-electron chi connectivity index (χ2n) is 4.68. The molecule has 0 saturated heterocycles. The van der Waals surface area contributed by atoms with Crippen LogP contribution in [-0.2, 0) is 9.53 Å². The minimum atomic E-state index is -0.707. The average Bonchev–Trinajstić information content (AvgIpc) is 2.39. The first-order valence-corrected chi connectivity index (χ1v) is 6.80. The van der Waals surface area contributed by atoms with Crippen LogP contribution < -0.4 is 5.32 Å². The van der Waals surface area contributed by atoms with E-state index in [0.29, 0.717) is 6.42 Å². The number of carbonyl (C=O) groups is 2. The molecular formula is C13H16Cl2N2O3. The summed E-state index contributed by atoms with van der Waals surface area (Å²) in [5, 5.41) is 2.91. The molecule has 1 atom stereocenters. The van der Waals surface area contributed by atoms with Gasteiger partial charge in [0.1, 0.15) is 11.2 Å². The van der Waals surface area contributed by atoms with E-state index in [0.717, 1.165) is 0 Å². The van der Waals surface area contributed by atoms with Crippen molar-refractivity contribution < 1.29 is 14.3 Å². The van der Waals surface area contributed by atoms with Gasteiger partial charge < -0.3 is 10.1 Å². The smallest absolute Gasteiger partial charge is 0.328 e. The molecule has 5 nitrogen and oxygen atoms in total. The van der Waals surface area contributed by atoms with E-state index in [1.807, 2.05) is 13.8 Å². The number of carbonyl (C=O) groups excluding carboxylic acids is 2. The zero-order valence-corrected chi connectivity index (χ0v) is 13.0. The van der Waals surface area contributed by atoms with Gasteiger partial charge in [-0.15, -0.1) is 0 Å². The van der Waals surface area contributed by atoms with Crippen molar-refractivity contribution in [3.8, 4) is 0 Å². The molecule has 0 aliphatic rings. The van der Waals surface area contributed by atoms with Crippen LogP contribution >= 0.6 is 23.2 Å². The monoisotopic (exact) mass is 318 g/mol. The standard InChI is InChI=1S/C13H16Cl2N2O3/c1-7(2)4-10(13(19)20-3)17-12(18)8-5-9(14)11(15)16-6-8/h5-7,10H,4H2,1-3H3,(H,17,18). The van der Waals surface area contributed by atoms with Crippen LogP contribution in [-0.4, -0.2) is 30.0 Å². The zero-order valence-electron chi connectivity index (χ0n) is 11.4. The van der Waals surface area contributed by atoms with Gasteiger partial charge in [0.15, 0.2) is 0 Å². The van der Waals surface area contributed by atoms with Crippen LogP contribution in [0.2, 0.25) is 10.2 Å². The molecule has 1 aromatic heterocycles. The van der Waals surface area contributed by atoms with Gasteiger partial charge in [-0.2, -0.15) is 0 Å². The van der Waals surface area contributed by atoms with Crippen molar-refractivity contribution >= 4 is 35.1 Å².